The molecule has 114 valence electrons. The molecule has 2 atom stereocenters. The Morgan fingerprint density at radius 1 is 1.29 bits per heavy atom. The van der Waals surface area contributed by atoms with Crippen LogP contribution in [-0.4, -0.2) is 23.6 Å². The van der Waals surface area contributed by atoms with Crippen molar-refractivity contribution in [1.29, 1.82) is 0 Å². The summed E-state index contributed by atoms with van der Waals surface area (Å²) in [5.74, 6) is 1.40. The number of para-hydroxylation sites is 1. The molecule has 0 fully saturated rings. The Labute approximate surface area is 132 Å². The molecule has 1 aromatic heterocycles. The van der Waals surface area contributed by atoms with Gasteiger partial charge in [-0.2, -0.15) is 0 Å². The SMILES string of the molecule is CCCNC(CS(=O)c1cccs1)c1ccccc1OC. The number of thiophene rings is 1. The van der Waals surface area contributed by atoms with E-state index in [1.54, 1.807) is 18.4 Å². The first-order valence-corrected chi connectivity index (χ1v) is 9.24. The topological polar surface area (TPSA) is 38.3 Å². The van der Waals surface area contributed by atoms with Gasteiger partial charge in [-0.25, -0.2) is 0 Å². The Bertz CT molecular complexity index is 569. The molecule has 21 heavy (non-hydrogen) atoms. The molecule has 0 radical (unpaired) electrons. The number of nitrogens with one attached hydrogen (secondary N) is 1. The van der Waals surface area contributed by atoms with Crippen molar-refractivity contribution >= 4 is 22.1 Å². The van der Waals surface area contributed by atoms with E-state index in [0.717, 1.165) is 28.5 Å². The van der Waals surface area contributed by atoms with Crippen molar-refractivity contribution in [3.63, 3.8) is 0 Å². The standard InChI is InChI=1S/C16H21NO2S2/c1-3-10-17-14(12-21(18)16-9-6-11-20-16)13-7-4-5-8-15(13)19-2/h4-9,11,14,17H,3,10,12H2,1-2H3. The number of ether oxygens (including phenoxy) is 1. The third-order valence-electron chi connectivity index (χ3n) is 3.19. The van der Waals surface area contributed by atoms with Gasteiger partial charge in [0.2, 0.25) is 0 Å². The summed E-state index contributed by atoms with van der Waals surface area (Å²) in [6.45, 7) is 3.02. The van der Waals surface area contributed by atoms with Gasteiger partial charge in [0.1, 0.15) is 5.75 Å². The zero-order valence-corrected chi connectivity index (χ0v) is 14.0. The van der Waals surface area contributed by atoms with Gasteiger partial charge >= 0.3 is 0 Å². The smallest absolute Gasteiger partial charge is 0.123 e. The van der Waals surface area contributed by atoms with Gasteiger partial charge in [-0.15, -0.1) is 11.3 Å². The highest BCUT2D eigenvalue weighted by Gasteiger charge is 2.19. The summed E-state index contributed by atoms with van der Waals surface area (Å²) in [6, 6.07) is 11.8. The van der Waals surface area contributed by atoms with Crippen LogP contribution in [0.25, 0.3) is 0 Å². The summed E-state index contributed by atoms with van der Waals surface area (Å²) in [4.78, 5) is 0. The maximum Gasteiger partial charge on any atom is 0.123 e. The first kappa shape index (κ1) is 16.2. The van der Waals surface area contributed by atoms with Gasteiger partial charge in [0.05, 0.1) is 22.1 Å². The van der Waals surface area contributed by atoms with Gasteiger partial charge in [0.15, 0.2) is 0 Å². The van der Waals surface area contributed by atoms with Gasteiger partial charge in [-0.05, 0) is 30.5 Å². The van der Waals surface area contributed by atoms with E-state index in [4.69, 9.17) is 4.74 Å². The summed E-state index contributed by atoms with van der Waals surface area (Å²) < 4.78 is 18.9. The molecule has 0 spiro atoms. The quantitative estimate of drug-likeness (QED) is 0.806. The molecular formula is C16H21NO2S2. The van der Waals surface area contributed by atoms with Crippen LogP contribution in [0.4, 0.5) is 0 Å². The van der Waals surface area contributed by atoms with E-state index in [2.05, 4.69) is 12.2 Å². The third kappa shape index (κ3) is 4.40. The van der Waals surface area contributed by atoms with Crippen molar-refractivity contribution in [3.05, 3.63) is 47.3 Å². The van der Waals surface area contributed by atoms with E-state index in [-0.39, 0.29) is 6.04 Å². The van der Waals surface area contributed by atoms with E-state index < -0.39 is 10.8 Å². The van der Waals surface area contributed by atoms with Gasteiger partial charge in [0, 0.05) is 17.4 Å². The highest BCUT2D eigenvalue weighted by molar-refractivity contribution is 7.87. The van der Waals surface area contributed by atoms with Crippen LogP contribution in [0.3, 0.4) is 0 Å². The maximum absolute atomic E-state index is 12.5. The fraction of sp³-hybridized carbons (Fsp3) is 0.375. The molecule has 0 saturated carbocycles. The Morgan fingerprint density at radius 3 is 2.76 bits per heavy atom. The normalized spacial score (nSPS) is 13.8. The third-order valence-corrected chi connectivity index (χ3v) is 5.92. The summed E-state index contributed by atoms with van der Waals surface area (Å²) in [5, 5.41) is 5.45. The van der Waals surface area contributed by atoms with Crippen LogP contribution in [0.15, 0.2) is 46.0 Å². The molecule has 5 heteroatoms. The van der Waals surface area contributed by atoms with Crippen molar-refractivity contribution in [2.45, 2.75) is 23.6 Å². The predicted molar refractivity (Wildman–Crippen MR) is 89.6 cm³/mol. The molecule has 1 N–H and O–H groups in total. The summed E-state index contributed by atoms with van der Waals surface area (Å²) in [7, 11) is 0.676. The van der Waals surface area contributed by atoms with Crippen molar-refractivity contribution in [3.8, 4) is 5.75 Å². The van der Waals surface area contributed by atoms with E-state index >= 15 is 0 Å². The Hall–Kier alpha value is -1.17. The van der Waals surface area contributed by atoms with Crippen molar-refractivity contribution < 1.29 is 8.95 Å². The minimum atomic E-state index is -0.996. The van der Waals surface area contributed by atoms with E-state index in [1.165, 1.54) is 0 Å². The Morgan fingerprint density at radius 2 is 2.10 bits per heavy atom. The second-order valence-corrected chi connectivity index (χ2v) is 7.36. The molecule has 3 nitrogen and oxygen atoms in total. The average molecular weight is 323 g/mol. The summed E-state index contributed by atoms with van der Waals surface area (Å²) in [6.07, 6.45) is 1.04. The number of methoxy groups -OCH3 is 1. The Kier molecular flexibility index (Phi) is 6.42. The molecule has 2 rings (SSSR count). The molecule has 2 aromatic rings. The van der Waals surface area contributed by atoms with Crippen molar-refractivity contribution in [1.82, 2.24) is 5.32 Å². The van der Waals surface area contributed by atoms with Crippen LogP contribution in [-0.2, 0) is 10.8 Å². The van der Waals surface area contributed by atoms with Crippen molar-refractivity contribution in [2.24, 2.45) is 0 Å². The number of benzene rings is 1. The monoisotopic (exact) mass is 323 g/mol. The number of hydrogen-bond acceptors (Lipinski definition) is 4. The number of hydrogen-bond donors (Lipinski definition) is 1. The van der Waals surface area contributed by atoms with Crippen LogP contribution in [0.2, 0.25) is 0 Å². The van der Waals surface area contributed by atoms with Gasteiger partial charge in [-0.3, -0.25) is 4.21 Å². The average Bonchev–Trinajstić information content (AvgIpc) is 3.05. The fourth-order valence-electron chi connectivity index (χ4n) is 2.16. The summed E-state index contributed by atoms with van der Waals surface area (Å²) in [5.41, 5.74) is 1.07. The van der Waals surface area contributed by atoms with Crippen LogP contribution in [0, 0.1) is 0 Å². The second kappa shape index (κ2) is 8.32. The highest BCUT2D eigenvalue weighted by atomic mass is 32.2. The van der Waals surface area contributed by atoms with E-state index in [0.29, 0.717) is 5.75 Å². The first-order valence-electron chi connectivity index (χ1n) is 7.04. The largest absolute Gasteiger partial charge is 0.496 e. The maximum atomic E-state index is 12.5. The van der Waals surface area contributed by atoms with Gasteiger partial charge in [0.25, 0.3) is 0 Å². The molecule has 0 aliphatic rings. The summed E-state index contributed by atoms with van der Waals surface area (Å²) >= 11 is 1.54. The van der Waals surface area contributed by atoms with Gasteiger partial charge in [-0.1, -0.05) is 31.2 Å². The van der Waals surface area contributed by atoms with Crippen LogP contribution in [0.1, 0.15) is 24.9 Å². The van der Waals surface area contributed by atoms with E-state index in [9.17, 15) is 4.21 Å². The molecule has 0 aliphatic carbocycles. The molecule has 0 bridgehead atoms. The second-order valence-electron chi connectivity index (χ2n) is 4.69. The zero-order valence-electron chi connectivity index (χ0n) is 12.4. The molecule has 1 aromatic carbocycles. The molecule has 0 saturated heterocycles. The van der Waals surface area contributed by atoms with Gasteiger partial charge < -0.3 is 10.1 Å². The molecule has 0 amide bonds. The molecule has 2 unspecified atom stereocenters. The van der Waals surface area contributed by atoms with Crippen LogP contribution < -0.4 is 10.1 Å². The lowest BCUT2D eigenvalue weighted by molar-refractivity contribution is 0.402. The van der Waals surface area contributed by atoms with Crippen LogP contribution >= 0.6 is 11.3 Å². The lowest BCUT2D eigenvalue weighted by atomic mass is 10.1. The Balaban J connectivity index is 2.19. The zero-order chi connectivity index (χ0) is 15.1. The van der Waals surface area contributed by atoms with Crippen LogP contribution in [0.5, 0.6) is 5.75 Å². The predicted octanol–water partition coefficient (Wildman–Crippen LogP) is 3.61. The fourth-order valence-corrected chi connectivity index (χ4v) is 4.40. The molecule has 1 heterocycles. The minimum absolute atomic E-state index is 0.0315. The lowest BCUT2D eigenvalue weighted by Crippen LogP contribution is -2.27. The molecular weight excluding hydrogens is 302 g/mol. The molecule has 0 aliphatic heterocycles. The highest BCUT2D eigenvalue weighted by Crippen LogP contribution is 2.27. The number of rotatable bonds is 8. The minimum Gasteiger partial charge on any atom is -0.496 e. The van der Waals surface area contributed by atoms with Crippen molar-refractivity contribution in [2.75, 3.05) is 19.4 Å². The lowest BCUT2D eigenvalue weighted by Gasteiger charge is -2.20. The van der Waals surface area contributed by atoms with E-state index in [1.807, 2.05) is 41.8 Å². The first-order chi connectivity index (χ1) is 10.3.